The molecule has 0 aromatic carbocycles. The third-order valence-corrected chi connectivity index (χ3v) is 3.23. The summed E-state index contributed by atoms with van der Waals surface area (Å²) in [6.45, 7) is 5.85. The van der Waals surface area contributed by atoms with Gasteiger partial charge in [0, 0.05) is 6.54 Å². The maximum atomic E-state index is 5.30. The minimum absolute atomic E-state index is 0.829. The van der Waals surface area contributed by atoms with Gasteiger partial charge in [-0.25, -0.2) is 0 Å². The molecule has 0 atom stereocenters. The van der Waals surface area contributed by atoms with Gasteiger partial charge in [0.25, 0.3) is 0 Å². The molecule has 12 heavy (non-hydrogen) atoms. The monoisotopic (exact) mass is 167 g/mol. The van der Waals surface area contributed by atoms with Crippen LogP contribution in [0.1, 0.15) is 19.8 Å². The molecule has 0 unspecified atom stereocenters. The average Bonchev–Trinajstić information content (AvgIpc) is 2.18. The lowest BCUT2D eigenvalue weighted by molar-refractivity contribution is 0.149. The normalized spacial score (nSPS) is 38.2. The molecule has 0 aromatic heterocycles. The zero-order chi connectivity index (χ0) is 8.55. The summed E-state index contributed by atoms with van der Waals surface area (Å²) in [6.07, 6.45) is 2.69. The van der Waals surface area contributed by atoms with E-state index < -0.39 is 0 Å². The van der Waals surface area contributed by atoms with E-state index in [4.69, 9.17) is 4.74 Å². The topological polar surface area (TPSA) is 12.5 Å². The second-order valence-electron chi connectivity index (χ2n) is 3.84. The maximum absolute atomic E-state index is 5.30. The number of piperidine rings is 3. The molecule has 2 heteroatoms. The zero-order valence-corrected chi connectivity index (χ0v) is 7.97. The second-order valence-corrected chi connectivity index (χ2v) is 3.84. The van der Waals surface area contributed by atoms with Crippen LogP contribution in [0.3, 0.4) is 0 Å². The Morgan fingerprint density at radius 3 is 2.50 bits per heavy atom. The smallest absolute Gasteiger partial charge is 0.0932 e. The highest BCUT2D eigenvalue weighted by Gasteiger charge is 2.30. The van der Waals surface area contributed by atoms with E-state index in [0.717, 1.165) is 18.2 Å². The molecule has 0 N–H and O–H groups in total. The second kappa shape index (κ2) is 3.09. The summed E-state index contributed by atoms with van der Waals surface area (Å²) in [7, 11) is 1.78. The number of hydrogen-bond donors (Lipinski definition) is 0. The number of methoxy groups -OCH3 is 1. The van der Waals surface area contributed by atoms with Crippen molar-refractivity contribution in [1.82, 2.24) is 4.90 Å². The third-order valence-electron chi connectivity index (χ3n) is 3.23. The summed E-state index contributed by atoms with van der Waals surface area (Å²) >= 11 is 0. The highest BCUT2D eigenvalue weighted by atomic mass is 16.5. The Hall–Kier alpha value is -0.500. The molecule has 0 aromatic rings. The van der Waals surface area contributed by atoms with Crippen molar-refractivity contribution in [3.8, 4) is 0 Å². The lowest BCUT2D eigenvalue weighted by atomic mass is 9.83. The molecule has 3 aliphatic heterocycles. The van der Waals surface area contributed by atoms with E-state index in [1.807, 2.05) is 0 Å². The van der Waals surface area contributed by atoms with Crippen molar-refractivity contribution in [2.75, 3.05) is 26.7 Å². The number of hydrogen-bond acceptors (Lipinski definition) is 2. The van der Waals surface area contributed by atoms with Crippen LogP contribution in [-0.2, 0) is 4.74 Å². The van der Waals surface area contributed by atoms with Crippen molar-refractivity contribution in [2.24, 2.45) is 5.92 Å². The molecular weight excluding hydrogens is 150 g/mol. The van der Waals surface area contributed by atoms with Crippen LogP contribution in [0.2, 0.25) is 0 Å². The first-order valence-corrected chi connectivity index (χ1v) is 4.77. The fraction of sp³-hybridized carbons (Fsp3) is 0.800. The molecule has 0 amide bonds. The van der Waals surface area contributed by atoms with Gasteiger partial charge >= 0.3 is 0 Å². The third kappa shape index (κ3) is 1.24. The van der Waals surface area contributed by atoms with E-state index in [1.165, 1.54) is 25.9 Å². The molecule has 0 spiro atoms. The van der Waals surface area contributed by atoms with Crippen molar-refractivity contribution in [3.63, 3.8) is 0 Å². The number of nitrogens with zero attached hydrogens (tertiary/aromatic N) is 1. The molecule has 0 radical (unpaired) electrons. The number of ether oxygens (including phenoxy) is 1. The molecule has 3 saturated heterocycles. The minimum atomic E-state index is 0.829. The minimum Gasteiger partial charge on any atom is -0.501 e. The van der Waals surface area contributed by atoms with Gasteiger partial charge in [0.2, 0.25) is 0 Å². The van der Waals surface area contributed by atoms with Crippen molar-refractivity contribution in [2.45, 2.75) is 19.8 Å². The SMILES string of the molecule is CO/C(C)=C1/CN2CCC1CC2. The zero-order valence-electron chi connectivity index (χ0n) is 7.97. The van der Waals surface area contributed by atoms with Gasteiger partial charge in [0.05, 0.1) is 12.9 Å². The lowest BCUT2D eigenvalue weighted by Gasteiger charge is -2.41. The fourth-order valence-electron chi connectivity index (χ4n) is 2.34. The molecule has 3 heterocycles. The Labute approximate surface area is 74.2 Å². The predicted molar refractivity (Wildman–Crippen MR) is 48.9 cm³/mol. The van der Waals surface area contributed by atoms with Crippen LogP contribution in [0.5, 0.6) is 0 Å². The molecule has 2 nitrogen and oxygen atoms in total. The highest BCUT2D eigenvalue weighted by Crippen LogP contribution is 2.33. The Kier molecular flexibility index (Phi) is 2.09. The fourth-order valence-corrected chi connectivity index (χ4v) is 2.34. The van der Waals surface area contributed by atoms with Crippen LogP contribution in [0.25, 0.3) is 0 Å². The number of rotatable bonds is 1. The van der Waals surface area contributed by atoms with Crippen molar-refractivity contribution < 1.29 is 4.74 Å². The largest absolute Gasteiger partial charge is 0.501 e. The van der Waals surface area contributed by atoms with Crippen LogP contribution in [0.4, 0.5) is 0 Å². The summed E-state index contributed by atoms with van der Waals surface area (Å²) in [4.78, 5) is 2.53. The molecule has 0 saturated carbocycles. The Morgan fingerprint density at radius 1 is 1.42 bits per heavy atom. The van der Waals surface area contributed by atoms with Crippen molar-refractivity contribution >= 4 is 0 Å². The van der Waals surface area contributed by atoms with Crippen LogP contribution in [0.15, 0.2) is 11.3 Å². The van der Waals surface area contributed by atoms with E-state index in [1.54, 1.807) is 12.7 Å². The van der Waals surface area contributed by atoms with Gasteiger partial charge in [-0.05, 0) is 44.3 Å². The maximum Gasteiger partial charge on any atom is 0.0932 e. The molecular formula is C10H17NO. The average molecular weight is 167 g/mol. The molecule has 3 fully saturated rings. The first-order chi connectivity index (χ1) is 5.81. The first-order valence-electron chi connectivity index (χ1n) is 4.77. The summed E-state index contributed by atoms with van der Waals surface area (Å²) in [5.74, 6) is 1.99. The number of allylic oxidation sites excluding steroid dienone is 1. The molecule has 3 aliphatic rings. The summed E-state index contributed by atoms with van der Waals surface area (Å²) in [5, 5.41) is 0. The standard InChI is InChI=1S/C10H17NO/c1-8(12-2)10-7-11-5-3-9(10)4-6-11/h9H,3-7H2,1-2H3/b10-8-. The van der Waals surface area contributed by atoms with E-state index in [-0.39, 0.29) is 0 Å². The van der Waals surface area contributed by atoms with E-state index in [9.17, 15) is 0 Å². The van der Waals surface area contributed by atoms with E-state index >= 15 is 0 Å². The van der Waals surface area contributed by atoms with Crippen LogP contribution < -0.4 is 0 Å². The van der Waals surface area contributed by atoms with E-state index in [0.29, 0.717) is 0 Å². The van der Waals surface area contributed by atoms with Gasteiger partial charge in [-0.3, -0.25) is 4.90 Å². The van der Waals surface area contributed by atoms with Gasteiger partial charge in [-0.2, -0.15) is 0 Å². The molecule has 0 aliphatic carbocycles. The molecule has 68 valence electrons. The molecule has 3 rings (SSSR count). The highest BCUT2D eigenvalue weighted by molar-refractivity contribution is 5.17. The number of fused-ring (bicyclic) bond motifs is 3. The van der Waals surface area contributed by atoms with Gasteiger partial charge in [0.1, 0.15) is 0 Å². The molecule has 2 bridgehead atoms. The Morgan fingerprint density at radius 2 is 2.08 bits per heavy atom. The van der Waals surface area contributed by atoms with Gasteiger partial charge < -0.3 is 4.74 Å². The van der Waals surface area contributed by atoms with Gasteiger partial charge in [-0.15, -0.1) is 0 Å². The van der Waals surface area contributed by atoms with Gasteiger partial charge in [0.15, 0.2) is 0 Å². The quantitative estimate of drug-likeness (QED) is 0.550. The summed E-state index contributed by atoms with van der Waals surface area (Å²) in [5.41, 5.74) is 1.55. The first kappa shape index (κ1) is 8.11. The van der Waals surface area contributed by atoms with Crippen molar-refractivity contribution in [3.05, 3.63) is 11.3 Å². The Balaban J connectivity index is 2.18. The summed E-state index contributed by atoms with van der Waals surface area (Å²) < 4.78 is 5.30. The van der Waals surface area contributed by atoms with Crippen molar-refractivity contribution in [1.29, 1.82) is 0 Å². The van der Waals surface area contributed by atoms with Crippen LogP contribution in [0, 0.1) is 5.92 Å². The van der Waals surface area contributed by atoms with Crippen LogP contribution in [-0.4, -0.2) is 31.6 Å². The van der Waals surface area contributed by atoms with Crippen LogP contribution >= 0.6 is 0 Å². The predicted octanol–water partition coefficient (Wildman–Crippen LogP) is 1.63. The van der Waals surface area contributed by atoms with Gasteiger partial charge in [-0.1, -0.05) is 0 Å². The lowest BCUT2D eigenvalue weighted by Crippen LogP contribution is -2.43. The Bertz CT molecular complexity index is 202. The summed E-state index contributed by atoms with van der Waals surface area (Å²) in [6, 6.07) is 0. The van der Waals surface area contributed by atoms with E-state index in [2.05, 4.69) is 11.8 Å².